The molecule has 1 amide bonds. The van der Waals surface area contributed by atoms with Crippen LogP contribution in [0.4, 0.5) is 0 Å². The Bertz CT molecular complexity index is 301. The van der Waals surface area contributed by atoms with Gasteiger partial charge in [-0.3, -0.25) is 9.59 Å². The Morgan fingerprint density at radius 1 is 1.33 bits per heavy atom. The van der Waals surface area contributed by atoms with Crippen molar-refractivity contribution in [2.75, 3.05) is 12.8 Å². The monoisotopic (exact) mass is 273 g/mol. The molecule has 1 fully saturated rings. The molecule has 104 valence electrons. The predicted molar refractivity (Wildman–Crippen MR) is 73.7 cm³/mol. The first-order chi connectivity index (χ1) is 8.41. The molecule has 4 nitrogen and oxygen atoms in total. The fourth-order valence-corrected chi connectivity index (χ4v) is 2.94. The maximum atomic E-state index is 12.0. The van der Waals surface area contributed by atoms with Crippen LogP contribution in [0.1, 0.15) is 39.5 Å². The third kappa shape index (κ3) is 4.52. The van der Waals surface area contributed by atoms with E-state index in [0.29, 0.717) is 6.04 Å². The molecule has 0 saturated heterocycles. The summed E-state index contributed by atoms with van der Waals surface area (Å²) in [5, 5.41) is 8.25. The Labute approximate surface area is 113 Å². The van der Waals surface area contributed by atoms with Crippen molar-refractivity contribution in [1.29, 1.82) is 0 Å². The van der Waals surface area contributed by atoms with Gasteiger partial charge in [-0.25, -0.2) is 0 Å². The second-order valence-electron chi connectivity index (χ2n) is 5.21. The minimum Gasteiger partial charge on any atom is -0.480 e. The highest BCUT2D eigenvalue weighted by Crippen LogP contribution is 2.26. The number of carbonyl (C=O) groups is 2. The number of aliphatic carboxylic acids is 1. The van der Waals surface area contributed by atoms with Crippen molar-refractivity contribution >= 4 is 23.6 Å². The number of amides is 1. The summed E-state index contributed by atoms with van der Waals surface area (Å²) in [5.41, 5.74) is 0. The van der Waals surface area contributed by atoms with Crippen LogP contribution < -0.4 is 0 Å². The van der Waals surface area contributed by atoms with Crippen LogP contribution in [0.2, 0.25) is 0 Å². The van der Waals surface area contributed by atoms with Gasteiger partial charge in [0.1, 0.15) is 0 Å². The lowest BCUT2D eigenvalue weighted by atomic mass is 9.87. The molecule has 18 heavy (non-hydrogen) atoms. The maximum absolute atomic E-state index is 12.0. The van der Waals surface area contributed by atoms with Gasteiger partial charge in [-0.05, 0) is 38.5 Å². The summed E-state index contributed by atoms with van der Waals surface area (Å²) < 4.78 is 0. The van der Waals surface area contributed by atoms with Gasteiger partial charge in [-0.1, -0.05) is 6.92 Å². The van der Waals surface area contributed by atoms with Gasteiger partial charge in [0.25, 0.3) is 0 Å². The molecule has 0 aromatic carbocycles. The van der Waals surface area contributed by atoms with Gasteiger partial charge in [0, 0.05) is 13.1 Å². The molecule has 1 unspecified atom stereocenters. The van der Waals surface area contributed by atoms with Crippen LogP contribution in [0.5, 0.6) is 0 Å². The molecular formula is C13H23NO3S. The molecule has 1 saturated carbocycles. The first-order valence-corrected chi connectivity index (χ1v) is 7.56. The quantitative estimate of drug-likeness (QED) is 0.834. The van der Waals surface area contributed by atoms with Crippen molar-refractivity contribution in [3.8, 4) is 0 Å². The van der Waals surface area contributed by atoms with E-state index in [1.54, 1.807) is 6.92 Å². The molecule has 0 aliphatic heterocycles. The summed E-state index contributed by atoms with van der Waals surface area (Å²) in [4.78, 5) is 24.4. The standard InChI is InChI=1S/C13H23NO3S/c1-9-4-6-11(7-5-9)14(3)12(15)8-18-10(2)13(16)17/h9-11H,4-8H2,1-3H3,(H,16,17). The lowest BCUT2D eigenvalue weighted by Gasteiger charge is -2.33. The minimum absolute atomic E-state index is 0.0488. The zero-order valence-electron chi connectivity index (χ0n) is 11.4. The molecule has 1 aliphatic carbocycles. The molecule has 0 heterocycles. The second kappa shape index (κ2) is 7.02. The fraction of sp³-hybridized carbons (Fsp3) is 0.846. The van der Waals surface area contributed by atoms with Crippen LogP contribution in [-0.4, -0.2) is 46.0 Å². The molecule has 0 radical (unpaired) electrons. The zero-order valence-corrected chi connectivity index (χ0v) is 12.2. The van der Waals surface area contributed by atoms with Crippen LogP contribution in [0.15, 0.2) is 0 Å². The summed E-state index contributed by atoms with van der Waals surface area (Å²) in [6.45, 7) is 3.87. The number of hydrogen-bond donors (Lipinski definition) is 1. The molecule has 0 aromatic heterocycles. The number of rotatable bonds is 5. The van der Waals surface area contributed by atoms with Gasteiger partial charge in [0.05, 0.1) is 11.0 Å². The van der Waals surface area contributed by atoms with E-state index in [4.69, 9.17) is 5.11 Å². The van der Waals surface area contributed by atoms with Crippen molar-refractivity contribution in [3.63, 3.8) is 0 Å². The summed E-state index contributed by atoms with van der Waals surface area (Å²) >= 11 is 1.19. The fourth-order valence-electron chi connectivity index (χ4n) is 2.20. The van der Waals surface area contributed by atoms with Gasteiger partial charge in [0.15, 0.2) is 0 Å². The van der Waals surface area contributed by atoms with Crippen LogP contribution in [0.3, 0.4) is 0 Å². The smallest absolute Gasteiger partial charge is 0.316 e. The van der Waals surface area contributed by atoms with Crippen LogP contribution in [0.25, 0.3) is 0 Å². The van der Waals surface area contributed by atoms with Crippen LogP contribution in [-0.2, 0) is 9.59 Å². The first kappa shape index (κ1) is 15.3. The van der Waals surface area contributed by atoms with E-state index in [1.807, 2.05) is 11.9 Å². The predicted octanol–water partition coefficient (Wildman–Crippen LogP) is 2.23. The number of carboxylic acid groups (broad SMARTS) is 1. The number of hydrogen-bond acceptors (Lipinski definition) is 3. The zero-order chi connectivity index (χ0) is 13.7. The normalized spacial score (nSPS) is 25.5. The van der Waals surface area contributed by atoms with E-state index < -0.39 is 11.2 Å². The van der Waals surface area contributed by atoms with Gasteiger partial charge in [-0.15, -0.1) is 11.8 Å². The molecule has 1 atom stereocenters. The van der Waals surface area contributed by atoms with Crippen molar-refractivity contribution in [3.05, 3.63) is 0 Å². The van der Waals surface area contributed by atoms with E-state index in [0.717, 1.165) is 18.8 Å². The van der Waals surface area contributed by atoms with E-state index in [9.17, 15) is 9.59 Å². The summed E-state index contributed by atoms with van der Waals surface area (Å²) in [6, 6.07) is 0.342. The average Bonchev–Trinajstić information content (AvgIpc) is 2.35. The van der Waals surface area contributed by atoms with E-state index in [2.05, 4.69) is 6.92 Å². The Morgan fingerprint density at radius 3 is 2.39 bits per heavy atom. The third-order valence-corrected chi connectivity index (χ3v) is 4.85. The molecule has 0 spiro atoms. The van der Waals surface area contributed by atoms with Crippen molar-refractivity contribution in [2.24, 2.45) is 5.92 Å². The highest BCUT2D eigenvalue weighted by molar-refractivity contribution is 8.01. The molecular weight excluding hydrogens is 250 g/mol. The Kier molecular flexibility index (Phi) is 5.99. The SMILES string of the molecule is CC1CCC(N(C)C(=O)CSC(C)C(=O)O)CC1. The van der Waals surface area contributed by atoms with E-state index in [-0.39, 0.29) is 11.7 Å². The average molecular weight is 273 g/mol. The Hall–Kier alpha value is -0.710. The molecule has 1 rings (SSSR count). The number of carbonyl (C=O) groups excluding carboxylic acids is 1. The largest absolute Gasteiger partial charge is 0.480 e. The Morgan fingerprint density at radius 2 is 1.89 bits per heavy atom. The van der Waals surface area contributed by atoms with Gasteiger partial charge in [0.2, 0.25) is 5.91 Å². The summed E-state index contributed by atoms with van der Waals surface area (Å²) in [5.74, 6) is 0.219. The van der Waals surface area contributed by atoms with E-state index >= 15 is 0 Å². The topological polar surface area (TPSA) is 57.6 Å². The molecule has 0 aromatic rings. The van der Waals surface area contributed by atoms with Crippen LogP contribution in [0, 0.1) is 5.92 Å². The van der Waals surface area contributed by atoms with Gasteiger partial charge < -0.3 is 10.0 Å². The lowest BCUT2D eigenvalue weighted by Crippen LogP contribution is -2.40. The first-order valence-electron chi connectivity index (χ1n) is 6.52. The molecule has 5 heteroatoms. The van der Waals surface area contributed by atoms with Gasteiger partial charge in [-0.2, -0.15) is 0 Å². The second-order valence-corrected chi connectivity index (χ2v) is 6.54. The maximum Gasteiger partial charge on any atom is 0.316 e. The molecule has 1 N–H and O–H groups in total. The van der Waals surface area contributed by atoms with Gasteiger partial charge >= 0.3 is 5.97 Å². The number of carboxylic acids is 1. The summed E-state index contributed by atoms with van der Waals surface area (Å²) in [7, 11) is 1.84. The van der Waals surface area contributed by atoms with Crippen molar-refractivity contribution in [1.82, 2.24) is 4.90 Å². The summed E-state index contributed by atoms with van der Waals surface area (Å²) in [6.07, 6.45) is 4.51. The lowest BCUT2D eigenvalue weighted by molar-refractivity contribution is -0.136. The molecule has 1 aliphatic rings. The van der Waals surface area contributed by atoms with Crippen molar-refractivity contribution < 1.29 is 14.7 Å². The minimum atomic E-state index is -0.859. The molecule has 0 bridgehead atoms. The highest BCUT2D eigenvalue weighted by atomic mass is 32.2. The number of nitrogens with zero attached hydrogens (tertiary/aromatic N) is 1. The Balaban J connectivity index is 2.35. The highest BCUT2D eigenvalue weighted by Gasteiger charge is 2.25. The van der Waals surface area contributed by atoms with Crippen LogP contribution >= 0.6 is 11.8 Å². The third-order valence-electron chi connectivity index (χ3n) is 3.73. The number of thioether (sulfide) groups is 1. The van der Waals surface area contributed by atoms with Crippen molar-refractivity contribution in [2.45, 2.75) is 50.8 Å². The van der Waals surface area contributed by atoms with E-state index in [1.165, 1.54) is 24.6 Å².